The molecule has 2 aliphatic rings. The third-order valence-electron chi connectivity index (χ3n) is 8.97. The van der Waals surface area contributed by atoms with Gasteiger partial charge in [-0.3, -0.25) is 0 Å². The molecule has 3 aromatic rings. The second-order valence-electron chi connectivity index (χ2n) is 12.3. The molecule has 0 spiro atoms. The van der Waals surface area contributed by atoms with Crippen LogP contribution in [0.25, 0.3) is 11.0 Å². The zero-order valence-electron chi connectivity index (χ0n) is 23.7. The Hall–Kier alpha value is -3.19. The van der Waals surface area contributed by atoms with Gasteiger partial charge in [0.1, 0.15) is 12.3 Å². The summed E-state index contributed by atoms with van der Waals surface area (Å²) in [5.41, 5.74) is 4.01. The number of pyridine rings is 1. The molecule has 1 aromatic carbocycles. The lowest BCUT2D eigenvalue weighted by Gasteiger charge is -2.43. The van der Waals surface area contributed by atoms with Crippen molar-refractivity contribution in [2.24, 2.45) is 11.3 Å². The monoisotopic (exact) mass is 529 g/mol. The fourth-order valence-corrected chi connectivity index (χ4v) is 6.69. The second-order valence-corrected chi connectivity index (χ2v) is 12.3. The lowest BCUT2D eigenvalue weighted by molar-refractivity contribution is 0.0719. The minimum absolute atomic E-state index is 0.227. The Morgan fingerprint density at radius 2 is 1.74 bits per heavy atom. The van der Waals surface area contributed by atoms with E-state index in [9.17, 15) is 4.79 Å². The van der Waals surface area contributed by atoms with Crippen molar-refractivity contribution in [1.82, 2.24) is 19.8 Å². The zero-order valence-corrected chi connectivity index (χ0v) is 23.7. The van der Waals surface area contributed by atoms with Gasteiger partial charge in [-0.25, -0.2) is 9.78 Å². The molecule has 1 saturated carbocycles. The maximum absolute atomic E-state index is 12.6. The molecule has 1 aliphatic carbocycles. The first-order valence-corrected chi connectivity index (χ1v) is 14.5. The number of ether oxygens (including phenoxy) is 1. The van der Waals surface area contributed by atoms with Gasteiger partial charge >= 0.3 is 6.09 Å². The molecule has 0 radical (unpaired) electrons. The number of amides is 1. The number of alkyl carbamates (subject to hydrolysis) is 1. The number of piperidine rings is 1. The van der Waals surface area contributed by atoms with Crippen LogP contribution in [0.15, 0.2) is 48.7 Å². The van der Waals surface area contributed by atoms with Gasteiger partial charge < -0.3 is 24.9 Å². The number of hydrogen-bond acceptors (Lipinski definition) is 5. The topological polar surface area (TPSA) is 83.2 Å². The molecule has 208 valence electrons. The number of carbonyl (C=O) groups is 1. The van der Waals surface area contributed by atoms with Gasteiger partial charge in [-0.15, -0.1) is 0 Å². The lowest BCUT2D eigenvalue weighted by atomic mass is 9.71. The first kappa shape index (κ1) is 27.4. The average molecular weight is 530 g/mol. The molecule has 1 amide bonds. The van der Waals surface area contributed by atoms with Crippen LogP contribution in [0.1, 0.15) is 82.2 Å². The quantitative estimate of drug-likeness (QED) is 0.334. The van der Waals surface area contributed by atoms with E-state index in [0.29, 0.717) is 18.0 Å². The summed E-state index contributed by atoms with van der Waals surface area (Å²) >= 11 is 0. The number of rotatable bonds is 7. The Balaban J connectivity index is 1.27. The maximum Gasteiger partial charge on any atom is 0.407 e. The third kappa shape index (κ3) is 6.19. The van der Waals surface area contributed by atoms with Gasteiger partial charge in [0.05, 0.1) is 6.54 Å². The summed E-state index contributed by atoms with van der Waals surface area (Å²) in [5, 5.41) is 12.1. The Morgan fingerprint density at radius 3 is 2.41 bits per heavy atom. The van der Waals surface area contributed by atoms with E-state index in [2.05, 4.69) is 35.6 Å². The summed E-state index contributed by atoms with van der Waals surface area (Å²) in [6.07, 6.45) is 10.1. The van der Waals surface area contributed by atoms with Crippen LogP contribution in [0.3, 0.4) is 0 Å². The predicted octanol–water partition coefficient (Wildman–Crippen LogP) is 6.70. The van der Waals surface area contributed by atoms with E-state index in [1.165, 1.54) is 31.9 Å². The number of fused-ring (bicyclic) bond motifs is 1. The molecule has 2 aromatic heterocycles. The van der Waals surface area contributed by atoms with Gasteiger partial charge in [0, 0.05) is 54.2 Å². The molecule has 0 bridgehead atoms. The van der Waals surface area contributed by atoms with Gasteiger partial charge in [0.25, 0.3) is 0 Å². The number of carbonyl (C=O) groups excluding carboxylic acids is 1. The number of nitrogens with zero attached hydrogens (tertiary/aromatic N) is 3. The molecule has 7 heteroatoms. The molecule has 0 atom stereocenters. The zero-order chi connectivity index (χ0) is 27.4. The van der Waals surface area contributed by atoms with Crippen LogP contribution < -0.4 is 5.32 Å². The van der Waals surface area contributed by atoms with Crippen molar-refractivity contribution < 1.29 is 9.53 Å². The van der Waals surface area contributed by atoms with E-state index in [-0.39, 0.29) is 12.6 Å². The highest BCUT2D eigenvalue weighted by Gasteiger charge is 2.34. The molecule has 0 unspecified atom stereocenters. The number of aromatic nitrogens is 2. The van der Waals surface area contributed by atoms with Crippen LogP contribution in [0.4, 0.5) is 4.79 Å². The van der Waals surface area contributed by atoms with Gasteiger partial charge in [-0.05, 0) is 67.6 Å². The summed E-state index contributed by atoms with van der Waals surface area (Å²) in [6, 6.07) is 14.6. The molecule has 5 rings (SSSR count). The van der Waals surface area contributed by atoms with E-state index in [1.807, 2.05) is 48.7 Å². The minimum Gasteiger partial charge on any atom is -0.445 e. The summed E-state index contributed by atoms with van der Waals surface area (Å²) in [6.45, 7) is 9.84. The molecule has 39 heavy (non-hydrogen) atoms. The number of benzene rings is 1. The van der Waals surface area contributed by atoms with Crippen molar-refractivity contribution in [3.8, 4) is 0 Å². The van der Waals surface area contributed by atoms with Crippen LogP contribution in [-0.2, 0) is 17.9 Å². The smallest absolute Gasteiger partial charge is 0.407 e. The average Bonchev–Trinajstić information content (AvgIpc) is 3.28. The van der Waals surface area contributed by atoms with Crippen LogP contribution in [0.5, 0.6) is 0 Å². The first-order valence-electron chi connectivity index (χ1n) is 14.5. The van der Waals surface area contributed by atoms with E-state index in [1.54, 1.807) is 0 Å². The Labute approximate surface area is 232 Å². The SMILES string of the molecule is CC(C)(C)[C@H]1CC[C@@H](N2CCC(n3c(CNC(=O)OCc4ccccc4)c(C=N)c4cccnc43)CC2)CC1. The predicted molar refractivity (Wildman–Crippen MR) is 156 cm³/mol. The standard InChI is InChI=1S/C32H43N5O2/c1-32(2,3)24-11-13-25(14-12-24)36-18-15-26(16-19-36)37-29(28(20-33)27-10-7-17-34-30(27)37)21-35-31(38)39-22-23-8-5-4-6-9-23/h4-10,17,20,24-26,33H,11-16,18-19,21-22H2,1-3H3,(H,35,38)/t24-,25+. The molecule has 2 fully saturated rings. The van der Waals surface area contributed by atoms with Gasteiger partial charge in [0.2, 0.25) is 0 Å². The van der Waals surface area contributed by atoms with Crippen molar-refractivity contribution in [2.75, 3.05) is 13.1 Å². The molecule has 2 N–H and O–H groups in total. The summed E-state index contributed by atoms with van der Waals surface area (Å²) in [7, 11) is 0. The summed E-state index contributed by atoms with van der Waals surface area (Å²) < 4.78 is 7.75. The minimum atomic E-state index is -0.458. The van der Waals surface area contributed by atoms with Gasteiger partial charge in [-0.2, -0.15) is 0 Å². The van der Waals surface area contributed by atoms with E-state index in [0.717, 1.165) is 59.7 Å². The van der Waals surface area contributed by atoms with Gasteiger partial charge in [-0.1, -0.05) is 51.1 Å². The molecule has 1 saturated heterocycles. The molecular formula is C32H43N5O2. The number of likely N-dealkylation sites (tertiary alicyclic amines) is 1. The third-order valence-corrected chi connectivity index (χ3v) is 8.97. The first-order chi connectivity index (χ1) is 18.8. The summed E-state index contributed by atoms with van der Waals surface area (Å²) in [4.78, 5) is 20.0. The highest BCUT2D eigenvalue weighted by atomic mass is 16.5. The van der Waals surface area contributed by atoms with Crippen LogP contribution in [0.2, 0.25) is 0 Å². The normalized spacial score (nSPS) is 21.1. The lowest BCUT2D eigenvalue weighted by Crippen LogP contribution is -2.44. The van der Waals surface area contributed by atoms with Crippen molar-refractivity contribution in [3.05, 3.63) is 65.5 Å². The highest BCUT2D eigenvalue weighted by molar-refractivity contribution is 5.99. The fourth-order valence-electron chi connectivity index (χ4n) is 6.69. The number of hydrogen-bond donors (Lipinski definition) is 2. The van der Waals surface area contributed by atoms with Crippen molar-refractivity contribution in [2.45, 2.75) is 84.5 Å². The maximum atomic E-state index is 12.6. The molecule has 1 aliphatic heterocycles. The Kier molecular flexibility index (Phi) is 8.36. The van der Waals surface area contributed by atoms with Crippen LogP contribution in [-0.4, -0.2) is 45.9 Å². The largest absolute Gasteiger partial charge is 0.445 e. The second kappa shape index (κ2) is 11.9. The van der Waals surface area contributed by atoms with Crippen molar-refractivity contribution >= 4 is 23.3 Å². The Bertz CT molecular complexity index is 1260. The number of nitrogens with one attached hydrogen (secondary N) is 2. The molecule has 3 heterocycles. The van der Waals surface area contributed by atoms with Crippen LogP contribution in [0, 0.1) is 16.7 Å². The Morgan fingerprint density at radius 1 is 1.03 bits per heavy atom. The highest BCUT2D eigenvalue weighted by Crippen LogP contribution is 2.40. The van der Waals surface area contributed by atoms with E-state index >= 15 is 0 Å². The summed E-state index contributed by atoms with van der Waals surface area (Å²) in [5.74, 6) is 0.831. The van der Waals surface area contributed by atoms with E-state index in [4.69, 9.17) is 15.1 Å². The van der Waals surface area contributed by atoms with Gasteiger partial charge in [0.15, 0.2) is 0 Å². The van der Waals surface area contributed by atoms with E-state index < -0.39 is 6.09 Å². The molecular weight excluding hydrogens is 486 g/mol. The van der Waals surface area contributed by atoms with Crippen molar-refractivity contribution in [3.63, 3.8) is 0 Å². The van der Waals surface area contributed by atoms with Crippen LogP contribution >= 0.6 is 0 Å². The molecule has 7 nitrogen and oxygen atoms in total. The van der Waals surface area contributed by atoms with Crippen molar-refractivity contribution in [1.29, 1.82) is 5.41 Å². The fraction of sp³-hybridized carbons (Fsp3) is 0.531.